The second-order valence-corrected chi connectivity index (χ2v) is 2.64. The Balaban J connectivity index is 2.67. The summed E-state index contributed by atoms with van der Waals surface area (Å²) in [5.74, 6) is 1.76. The molecule has 14 heavy (non-hydrogen) atoms. The van der Waals surface area contributed by atoms with Crippen molar-refractivity contribution in [1.29, 1.82) is 0 Å². The number of aliphatic hydroxyl groups excluding tert-OH is 1. The monoisotopic (exact) mass is 190 g/mol. The van der Waals surface area contributed by atoms with Crippen LogP contribution in [0, 0.1) is 12.3 Å². The molecule has 1 rings (SSSR count). The second kappa shape index (κ2) is 5.05. The molecule has 0 amide bonds. The topological polar surface area (TPSA) is 46.5 Å². The minimum Gasteiger partial charge on any atom is -0.449 e. The average molecular weight is 190 g/mol. The number of benzene rings is 1. The lowest BCUT2D eigenvalue weighted by atomic mass is 10.1. The summed E-state index contributed by atoms with van der Waals surface area (Å²) in [5, 5.41) is 8.77. The van der Waals surface area contributed by atoms with Crippen LogP contribution in [0.4, 0.5) is 0 Å². The van der Waals surface area contributed by atoms with Crippen molar-refractivity contribution in [3.63, 3.8) is 0 Å². The van der Waals surface area contributed by atoms with Crippen molar-refractivity contribution in [2.75, 3.05) is 6.61 Å². The van der Waals surface area contributed by atoms with E-state index in [1.165, 1.54) is 0 Å². The molecule has 0 saturated carbocycles. The van der Waals surface area contributed by atoms with Crippen LogP contribution in [0.25, 0.3) is 0 Å². The summed E-state index contributed by atoms with van der Waals surface area (Å²) >= 11 is 0. The van der Waals surface area contributed by atoms with E-state index in [2.05, 4.69) is 5.92 Å². The van der Waals surface area contributed by atoms with Crippen LogP contribution < -0.4 is 0 Å². The first-order chi connectivity index (χ1) is 6.77. The van der Waals surface area contributed by atoms with Crippen LogP contribution in [0.5, 0.6) is 0 Å². The Morgan fingerprint density at radius 1 is 1.43 bits per heavy atom. The fraction of sp³-hybridized carbons (Fsp3) is 0.182. The van der Waals surface area contributed by atoms with E-state index in [0.29, 0.717) is 5.56 Å². The Labute approximate surface area is 82.3 Å². The average Bonchev–Trinajstić information content (AvgIpc) is 2.26. The van der Waals surface area contributed by atoms with Crippen molar-refractivity contribution in [1.82, 2.24) is 0 Å². The molecule has 3 heteroatoms. The van der Waals surface area contributed by atoms with Gasteiger partial charge in [-0.2, -0.15) is 0 Å². The van der Waals surface area contributed by atoms with Crippen molar-refractivity contribution in [3.05, 3.63) is 35.4 Å². The molecule has 0 saturated heterocycles. The molecule has 1 aromatic carbocycles. The largest absolute Gasteiger partial charge is 0.449 e. The van der Waals surface area contributed by atoms with Crippen LogP contribution in [0.15, 0.2) is 24.3 Å². The molecule has 1 N–H and O–H groups in total. The van der Waals surface area contributed by atoms with Crippen LogP contribution in [0.2, 0.25) is 0 Å². The number of aliphatic hydroxyl groups is 1. The smallest absolute Gasteiger partial charge is 0.339 e. The van der Waals surface area contributed by atoms with E-state index in [1.807, 2.05) is 0 Å². The van der Waals surface area contributed by atoms with Crippen molar-refractivity contribution in [3.8, 4) is 12.3 Å². The maximum absolute atomic E-state index is 11.2. The third-order valence-corrected chi connectivity index (χ3v) is 1.66. The minimum absolute atomic E-state index is 0.0272. The van der Waals surface area contributed by atoms with Gasteiger partial charge in [0.25, 0.3) is 0 Å². The zero-order chi connectivity index (χ0) is 10.4. The normalized spacial score (nSPS) is 9.14. The first-order valence-corrected chi connectivity index (χ1v) is 4.08. The number of carbonyl (C=O) groups excluding carboxylic acids is 1. The lowest BCUT2D eigenvalue weighted by molar-refractivity contribution is 0.0556. The van der Waals surface area contributed by atoms with E-state index in [-0.39, 0.29) is 13.2 Å². The Morgan fingerprint density at radius 2 is 2.07 bits per heavy atom. The first kappa shape index (κ1) is 10.3. The highest BCUT2D eigenvalue weighted by molar-refractivity contribution is 5.89. The fourth-order valence-electron chi connectivity index (χ4n) is 0.937. The molecule has 72 valence electrons. The highest BCUT2D eigenvalue weighted by Gasteiger charge is 2.05. The molecule has 0 unspecified atom stereocenters. The zero-order valence-corrected chi connectivity index (χ0v) is 7.56. The number of esters is 1. The Morgan fingerprint density at radius 3 is 2.57 bits per heavy atom. The van der Waals surface area contributed by atoms with Gasteiger partial charge in [0.2, 0.25) is 0 Å². The summed E-state index contributed by atoms with van der Waals surface area (Å²) in [5.41, 5.74) is 1.18. The number of ether oxygens (including phenoxy) is 1. The molecule has 0 fully saturated rings. The van der Waals surface area contributed by atoms with Gasteiger partial charge in [-0.25, -0.2) is 4.79 Å². The molecule has 3 nitrogen and oxygen atoms in total. The molecule has 0 spiro atoms. The third kappa shape index (κ3) is 2.61. The van der Waals surface area contributed by atoms with E-state index in [9.17, 15) is 4.79 Å². The second-order valence-electron chi connectivity index (χ2n) is 2.64. The van der Waals surface area contributed by atoms with Gasteiger partial charge < -0.3 is 9.84 Å². The van der Waals surface area contributed by atoms with Gasteiger partial charge in [-0.05, 0) is 17.7 Å². The predicted molar refractivity (Wildman–Crippen MR) is 51.5 cm³/mol. The molecule has 0 aliphatic carbocycles. The SMILES string of the molecule is C#CCOC(=O)c1ccc(CO)cc1. The first-order valence-electron chi connectivity index (χ1n) is 4.08. The fourth-order valence-corrected chi connectivity index (χ4v) is 0.937. The molecule has 0 radical (unpaired) electrons. The van der Waals surface area contributed by atoms with E-state index in [0.717, 1.165) is 5.56 Å². The molecular formula is C11H10O3. The van der Waals surface area contributed by atoms with Crippen LogP contribution in [-0.4, -0.2) is 17.7 Å². The summed E-state index contributed by atoms with van der Waals surface area (Å²) < 4.78 is 4.71. The highest BCUT2D eigenvalue weighted by Crippen LogP contribution is 2.05. The van der Waals surface area contributed by atoms with E-state index in [1.54, 1.807) is 24.3 Å². The third-order valence-electron chi connectivity index (χ3n) is 1.66. The molecule has 0 aliphatic heterocycles. The zero-order valence-electron chi connectivity index (χ0n) is 7.56. The lowest BCUT2D eigenvalue weighted by Crippen LogP contribution is -2.05. The molecule has 0 aliphatic rings. The van der Waals surface area contributed by atoms with Gasteiger partial charge >= 0.3 is 5.97 Å². The van der Waals surface area contributed by atoms with Crippen molar-refractivity contribution in [2.24, 2.45) is 0 Å². The number of rotatable bonds is 3. The molecule has 0 heterocycles. The van der Waals surface area contributed by atoms with Crippen molar-refractivity contribution >= 4 is 5.97 Å². The summed E-state index contributed by atoms with van der Waals surface area (Å²) in [6.07, 6.45) is 4.94. The predicted octanol–water partition coefficient (Wildman–Crippen LogP) is 0.969. The Bertz CT molecular complexity index is 346. The number of terminal acetylenes is 1. The molecule has 0 atom stereocenters. The summed E-state index contributed by atoms with van der Waals surface area (Å²) in [4.78, 5) is 11.2. The van der Waals surface area contributed by atoms with Crippen LogP contribution in [0.3, 0.4) is 0 Å². The molecule has 1 aromatic rings. The maximum Gasteiger partial charge on any atom is 0.339 e. The van der Waals surface area contributed by atoms with E-state index >= 15 is 0 Å². The van der Waals surface area contributed by atoms with Gasteiger partial charge in [-0.1, -0.05) is 18.1 Å². The van der Waals surface area contributed by atoms with Gasteiger partial charge in [0.05, 0.1) is 12.2 Å². The highest BCUT2D eigenvalue weighted by atomic mass is 16.5. The van der Waals surface area contributed by atoms with Crippen molar-refractivity contribution in [2.45, 2.75) is 6.61 Å². The van der Waals surface area contributed by atoms with E-state index in [4.69, 9.17) is 16.3 Å². The quantitative estimate of drug-likeness (QED) is 0.570. The summed E-state index contributed by atoms with van der Waals surface area (Å²) in [7, 11) is 0. The van der Waals surface area contributed by atoms with Gasteiger partial charge in [0.15, 0.2) is 6.61 Å². The number of hydrogen-bond acceptors (Lipinski definition) is 3. The summed E-state index contributed by atoms with van der Waals surface area (Å²) in [6, 6.07) is 6.49. The Kier molecular flexibility index (Phi) is 3.71. The minimum atomic E-state index is -0.451. The molecule has 0 bridgehead atoms. The molecule has 0 aromatic heterocycles. The maximum atomic E-state index is 11.2. The van der Waals surface area contributed by atoms with Gasteiger partial charge in [-0.3, -0.25) is 0 Å². The summed E-state index contributed by atoms with van der Waals surface area (Å²) in [6.45, 7) is -0.0692. The van der Waals surface area contributed by atoms with Crippen molar-refractivity contribution < 1.29 is 14.6 Å². The number of hydrogen-bond donors (Lipinski definition) is 1. The van der Waals surface area contributed by atoms with Gasteiger partial charge in [0, 0.05) is 0 Å². The van der Waals surface area contributed by atoms with Gasteiger partial charge in [0.1, 0.15) is 0 Å². The molecular weight excluding hydrogens is 180 g/mol. The van der Waals surface area contributed by atoms with E-state index < -0.39 is 5.97 Å². The van der Waals surface area contributed by atoms with Crippen LogP contribution in [-0.2, 0) is 11.3 Å². The van der Waals surface area contributed by atoms with Gasteiger partial charge in [-0.15, -0.1) is 6.42 Å². The standard InChI is InChI=1S/C11H10O3/c1-2-7-14-11(13)10-5-3-9(8-12)4-6-10/h1,3-6,12H,7-8H2. The Hall–Kier alpha value is -1.79. The van der Waals surface area contributed by atoms with Crippen LogP contribution >= 0.6 is 0 Å². The number of carbonyl (C=O) groups is 1. The van der Waals surface area contributed by atoms with Crippen LogP contribution in [0.1, 0.15) is 15.9 Å². The lowest BCUT2D eigenvalue weighted by Gasteiger charge is -2.01.